The largest absolute Gasteiger partial charge is 0.335 e. The first-order valence-electron chi connectivity index (χ1n) is 13.6. The van der Waals surface area contributed by atoms with Gasteiger partial charge in [0.25, 0.3) is 5.01 Å². The highest BCUT2D eigenvalue weighted by Crippen LogP contribution is 2.45. The van der Waals surface area contributed by atoms with E-state index < -0.39 is 0 Å². The van der Waals surface area contributed by atoms with Gasteiger partial charge < -0.3 is 4.90 Å². The zero-order chi connectivity index (χ0) is 26.3. The summed E-state index contributed by atoms with van der Waals surface area (Å²) in [5.41, 5.74) is 2.63. The lowest BCUT2D eigenvalue weighted by molar-refractivity contribution is -0.716. The number of nitrogens with zero attached hydrogens (tertiary/aromatic N) is 4. The zero-order valence-electron chi connectivity index (χ0n) is 22.0. The summed E-state index contributed by atoms with van der Waals surface area (Å²) in [5, 5.41) is 2.58. The van der Waals surface area contributed by atoms with E-state index in [9.17, 15) is 0 Å². The van der Waals surface area contributed by atoms with Gasteiger partial charge in [0.1, 0.15) is 11.2 Å². The number of fused-ring (bicyclic) bond motifs is 2. The molecular formula is C33H33N4S2+3. The second-order valence-electron chi connectivity index (χ2n) is 9.58. The van der Waals surface area contributed by atoms with Crippen LogP contribution in [0.2, 0.25) is 0 Å². The number of thioether (sulfide) groups is 1. The molecule has 0 N–H and O–H groups in total. The van der Waals surface area contributed by atoms with Crippen LogP contribution in [0, 0.1) is 0 Å². The Hall–Kier alpha value is -3.74. The number of para-hydroxylation sites is 2. The van der Waals surface area contributed by atoms with Crippen LogP contribution in [-0.2, 0) is 19.6 Å². The predicted octanol–water partition coefficient (Wildman–Crippen LogP) is 6.41. The number of pyridine rings is 2. The molecule has 0 fully saturated rings. The maximum absolute atomic E-state index is 2.48. The number of aromatic nitrogens is 3. The van der Waals surface area contributed by atoms with Crippen molar-refractivity contribution in [2.24, 2.45) is 0 Å². The van der Waals surface area contributed by atoms with Crippen LogP contribution < -0.4 is 18.6 Å². The highest BCUT2D eigenvalue weighted by molar-refractivity contribution is 8.03. The van der Waals surface area contributed by atoms with Gasteiger partial charge in [-0.25, -0.2) is 9.13 Å². The molecule has 39 heavy (non-hydrogen) atoms. The molecule has 2 aromatic carbocycles. The molecule has 1 aliphatic rings. The third-order valence-corrected chi connectivity index (χ3v) is 9.16. The van der Waals surface area contributed by atoms with Gasteiger partial charge in [0.2, 0.25) is 5.52 Å². The molecule has 0 aliphatic carbocycles. The van der Waals surface area contributed by atoms with Crippen molar-refractivity contribution < 1.29 is 13.7 Å². The number of anilines is 1. The van der Waals surface area contributed by atoms with Crippen LogP contribution in [0.3, 0.4) is 0 Å². The first-order valence-corrected chi connectivity index (χ1v) is 15.2. The first kappa shape index (κ1) is 25.5. The zero-order valence-corrected chi connectivity index (χ0v) is 23.6. The fraction of sp³-hybridized carbons (Fsp3) is 0.182. The average Bonchev–Trinajstić information content (AvgIpc) is 3.52. The summed E-state index contributed by atoms with van der Waals surface area (Å²) in [6, 6.07) is 30.0. The lowest BCUT2D eigenvalue weighted by atomic mass is 10.2. The fourth-order valence-electron chi connectivity index (χ4n) is 5.02. The van der Waals surface area contributed by atoms with Crippen LogP contribution in [0.25, 0.3) is 16.3 Å². The van der Waals surface area contributed by atoms with Crippen molar-refractivity contribution in [2.45, 2.75) is 37.4 Å². The molecule has 3 aromatic heterocycles. The van der Waals surface area contributed by atoms with E-state index in [1.165, 1.54) is 30.8 Å². The van der Waals surface area contributed by atoms with E-state index in [1.54, 1.807) is 0 Å². The third-order valence-electron chi connectivity index (χ3n) is 6.90. The van der Waals surface area contributed by atoms with Crippen molar-refractivity contribution in [3.63, 3.8) is 0 Å². The minimum Gasteiger partial charge on any atom is -0.335 e. The standard InChI is InChI=1S/C33H33N4S2/c1-7-20-34(21-8-1)24-12-26-36-28-14-3-5-16-30(28)38-32(36)18-11-19-33-37(29-15-4-6-17-31(29)39-33)27-13-25-35-22-9-2-10-23-35/h1-11,14-23H,12-13,24-27H2/q+3. The number of rotatable bonds is 10. The minimum atomic E-state index is 0.992. The SMILES string of the molecule is C(/C=C/c1sc2ccccc2[n+]1CCC[n+]1ccccc1)=C1/Sc2ccccc2N1CCC[n+]1ccccc1. The minimum absolute atomic E-state index is 0.992. The Balaban J connectivity index is 1.20. The molecule has 194 valence electrons. The Morgan fingerprint density at radius 1 is 0.692 bits per heavy atom. The average molecular weight is 550 g/mol. The molecule has 0 unspecified atom stereocenters. The third kappa shape index (κ3) is 6.13. The van der Waals surface area contributed by atoms with Gasteiger partial charge in [0.05, 0.1) is 17.1 Å². The Morgan fingerprint density at radius 2 is 1.38 bits per heavy atom. The molecule has 0 saturated carbocycles. The summed E-state index contributed by atoms with van der Waals surface area (Å²) >= 11 is 3.74. The quantitative estimate of drug-likeness (QED) is 0.187. The van der Waals surface area contributed by atoms with Crippen LogP contribution in [0.15, 0.2) is 132 Å². The number of benzene rings is 2. The molecule has 4 nitrogen and oxygen atoms in total. The van der Waals surface area contributed by atoms with Crippen molar-refractivity contribution in [3.8, 4) is 0 Å². The number of hydrogen-bond acceptors (Lipinski definition) is 3. The van der Waals surface area contributed by atoms with Crippen LogP contribution in [-0.4, -0.2) is 6.54 Å². The highest BCUT2D eigenvalue weighted by atomic mass is 32.2. The number of thiazole rings is 1. The molecular weight excluding hydrogens is 517 g/mol. The normalized spacial score (nSPS) is 14.1. The van der Waals surface area contributed by atoms with Crippen molar-refractivity contribution in [3.05, 3.63) is 132 Å². The highest BCUT2D eigenvalue weighted by Gasteiger charge is 2.24. The Labute approximate surface area is 238 Å². The van der Waals surface area contributed by atoms with Crippen LogP contribution in [0.1, 0.15) is 17.8 Å². The van der Waals surface area contributed by atoms with E-state index in [0.717, 1.165) is 39.0 Å². The Morgan fingerprint density at radius 3 is 2.18 bits per heavy atom. The van der Waals surface area contributed by atoms with Crippen LogP contribution in [0.5, 0.6) is 0 Å². The fourth-order valence-corrected chi connectivity index (χ4v) is 7.22. The Kier molecular flexibility index (Phi) is 8.13. The van der Waals surface area contributed by atoms with Crippen LogP contribution >= 0.6 is 23.1 Å². The van der Waals surface area contributed by atoms with E-state index in [2.05, 4.69) is 147 Å². The van der Waals surface area contributed by atoms with Gasteiger partial charge >= 0.3 is 0 Å². The van der Waals surface area contributed by atoms with E-state index >= 15 is 0 Å². The van der Waals surface area contributed by atoms with Crippen molar-refractivity contribution >= 4 is 45.1 Å². The number of allylic oxidation sites excluding steroid dienone is 2. The lowest BCUT2D eigenvalue weighted by Gasteiger charge is -2.19. The summed E-state index contributed by atoms with van der Waals surface area (Å²) in [6.07, 6.45) is 17.6. The van der Waals surface area contributed by atoms with E-state index in [-0.39, 0.29) is 0 Å². The van der Waals surface area contributed by atoms with Gasteiger partial charge in [0.15, 0.2) is 37.9 Å². The molecule has 0 amide bonds. The molecule has 1 aliphatic heterocycles. The number of hydrogen-bond donors (Lipinski definition) is 0. The maximum atomic E-state index is 2.48. The second-order valence-corrected chi connectivity index (χ2v) is 11.7. The van der Waals surface area contributed by atoms with E-state index in [0.29, 0.717) is 0 Å². The summed E-state index contributed by atoms with van der Waals surface area (Å²) in [6.45, 7) is 4.00. The maximum Gasteiger partial charge on any atom is 0.262 e. The molecule has 0 bridgehead atoms. The molecule has 6 heteroatoms. The van der Waals surface area contributed by atoms with Gasteiger partial charge in [0, 0.05) is 54.3 Å². The molecule has 6 rings (SSSR count). The predicted molar refractivity (Wildman–Crippen MR) is 161 cm³/mol. The summed E-state index contributed by atoms with van der Waals surface area (Å²) in [5.74, 6) is 0. The van der Waals surface area contributed by atoms with E-state index in [1.807, 2.05) is 23.1 Å². The van der Waals surface area contributed by atoms with Crippen molar-refractivity contribution in [1.82, 2.24) is 0 Å². The summed E-state index contributed by atoms with van der Waals surface area (Å²) in [7, 11) is 0. The molecule has 0 radical (unpaired) electrons. The lowest BCUT2D eigenvalue weighted by Crippen LogP contribution is -2.39. The van der Waals surface area contributed by atoms with Gasteiger partial charge in [-0.3, -0.25) is 0 Å². The monoisotopic (exact) mass is 549 g/mol. The van der Waals surface area contributed by atoms with Gasteiger partial charge in [-0.2, -0.15) is 4.57 Å². The summed E-state index contributed by atoms with van der Waals surface area (Å²) in [4.78, 5) is 3.81. The molecule has 4 heterocycles. The van der Waals surface area contributed by atoms with Gasteiger partial charge in [-0.05, 0) is 24.3 Å². The van der Waals surface area contributed by atoms with Gasteiger partial charge in [-0.15, -0.1) is 0 Å². The Bertz CT molecular complexity index is 1590. The molecule has 5 aromatic rings. The van der Waals surface area contributed by atoms with Gasteiger partial charge in [-0.1, -0.05) is 65.6 Å². The second kappa shape index (κ2) is 12.4. The molecule has 0 spiro atoms. The topological polar surface area (TPSA) is 14.9 Å². The molecule has 0 saturated heterocycles. The van der Waals surface area contributed by atoms with Crippen molar-refractivity contribution in [1.29, 1.82) is 0 Å². The first-order chi connectivity index (χ1) is 19.3. The van der Waals surface area contributed by atoms with E-state index in [4.69, 9.17) is 0 Å². The van der Waals surface area contributed by atoms with Crippen molar-refractivity contribution in [2.75, 3.05) is 11.4 Å². The smallest absolute Gasteiger partial charge is 0.262 e. The molecule has 0 atom stereocenters. The van der Waals surface area contributed by atoms with Crippen LogP contribution in [0.4, 0.5) is 5.69 Å². The number of aryl methyl sites for hydroxylation is 3. The summed E-state index contributed by atoms with van der Waals surface area (Å²) < 4.78 is 8.33.